The van der Waals surface area contributed by atoms with Gasteiger partial charge in [0.1, 0.15) is 34.5 Å². The zero-order valence-electron chi connectivity index (χ0n) is 87.7. The number of carbonyl (C=O) groups excluding carboxylic acids is 6. The Kier molecular flexibility index (Phi) is 36.8. The van der Waals surface area contributed by atoms with E-state index in [1.807, 2.05) is 125 Å². The number of Topliss-reactive ketones (excluding diaryl/α,β-unsaturated/α-hetero) is 6. The molecule has 6 aliphatic heterocycles. The third-order valence-corrected chi connectivity index (χ3v) is 33.6. The SMILES string of the molecule is CC(=O)c1ccc(C#Cc2ccc3c(c2)C(C)(C)CCS3)cc1O.CC(=O)c1ccc(C#Cc2ccc3c(c2)C(C)(C)CCS3)cc1O.CC(=O)c1ccc(C#Cc2ccc3c(c2)C(C)(C)CCS3)cc1O.COc1cc(C#Cc2ccc3c(c2)C(C)(C)CCS3)ccc1C(C)=O.COc1cc(C#Cc2ccc3c(c2)C(C)(C)CCS3)ccc1C(C)=O.COc1cc(C#Cc2ccc3c(c2)C(C)(C)CCS3)ccc1C(C)=O. The van der Waals surface area contributed by atoms with Crippen LogP contribution in [-0.2, 0) is 32.5 Å². The number of hydrogen-bond donors (Lipinski definition) is 3. The maximum absolute atomic E-state index is 11.6. The van der Waals surface area contributed by atoms with E-state index in [1.165, 1.54) is 160 Å². The molecule has 0 aliphatic carbocycles. The highest BCUT2D eigenvalue weighted by molar-refractivity contribution is 8.00. The molecule has 0 radical (unpaired) electrons. The summed E-state index contributed by atoms with van der Waals surface area (Å²) in [6, 6.07) is 69.8. The van der Waals surface area contributed by atoms with E-state index in [0.29, 0.717) is 67.3 Å². The van der Waals surface area contributed by atoms with Gasteiger partial charge in [-0.2, -0.15) is 0 Å². The topological polar surface area (TPSA) is 191 Å². The molecule has 0 saturated carbocycles. The summed E-state index contributed by atoms with van der Waals surface area (Å²) in [4.78, 5) is 77.0. The van der Waals surface area contributed by atoms with Crippen molar-refractivity contribution in [2.45, 2.75) is 225 Å². The second kappa shape index (κ2) is 48.7. The minimum absolute atomic E-state index is 0.00854. The van der Waals surface area contributed by atoms with Gasteiger partial charge in [-0.15, -0.1) is 70.6 Å². The summed E-state index contributed by atoms with van der Waals surface area (Å²) in [5, 5.41) is 29.7. The van der Waals surface area contributed by atoms with Crippen LogP contribution in [0.25, 0.3) is 0 Å². The number of methoxy groups -OCH3 is 3. The van der Waals surface area contributed by atoms with Crippen LogP contribution in [0.5, 0.6) is 34.5 Å². The van der Waals surface area contributed by atoms with Gasteiger partial charge in [-0.3, -0.25) is 28.8 Å². The maximum atomic E-state index is 11.6. The molecule has 12 nitrogen and oxygen atoms in total. The number of carbonyl (C=O) groups is 6. The van der Waals surface area contributed by atoms with Crippen molar-refractivity contribution in [3.8, 4) is 106 Å². The molecule has 0 atom stereocenters. The second-order valence-electron chi connectivity index (χ2n) is 40.9. The molecule has 147 heavy (non-hydrogen) atoms. The monoisotopic (exact) mass is 2060 g/mol. The van der Waals surface area contributed by atoms with Crippen molar-refractivity contribution in [1.82, 2.24) is 0 Å². The number of aromatic hydroxyl groups is 3. The molecule has 0 saturated heterocycles. The Hall–Kier alpha value is -13.1. The van der Waals surface area contributed by atoms with Gasteiger partial charge in [-0.05, 0) is 399 Å². The Bertz CT molecular complexity index is 6850. The summed E-state index contributed by atoms with van der Waals surface area (Å²) in [5.74, 6) is 46.2. The predicted molar refractivity (Wildman–Crippen MR) is 608 cm³/mol. The average Bonchev–Trinajstić information content (AvgIpc) is 0.803. The van der Waals surface area contributed by atoms with E-state index < -0.39 is 0 Å². The number of phenolic OH excluding ortho intramolecular Hbond substituents is 3. The lowest BCUT2D eigenvalue weighted by Gasteiger charge is -2.32. The molecular weight excluding hydrogens is 1930 g/mol. The van der Waals surface area contributed by atoms with Gasteiger partial charge in [0.15, 0.2) is 34.7 Å². The molecule has 0 amide bonds. The van der Waals surface area contributed by atoms with Crippen LogP contribution in [0.3, 0.4) is 0 Å². The Morgan fingerprint density at radius 3 is 0.490 bits per heavy atom. The van der Waals surface area contributed by atoms with Gasteiger partial charge < -0.3 is 29.5 Å². The molecule has 18 rings (SSSR count). The van der Waals surface area contributed by atoms with Crippen molar-refractivity contribution in [3.05, 3.63) is 352 Å². The van der Waals surface area contributed by atoms with Crippen molar-refractivity contribution < 1.29 is 58.3 Å². The van der Waals surface area contributed by atoms with Crippen LogP contribution in [0.4, 0.5) is 0 Å². The van der Waals surface area contributed by atoms with E-state index in [1.54, 1.807) is 94.1 Å². The van der Waals surface area contributed by atoms with E-state index in [0.717, 1.165) is 67.3 Å². The smallest absolute Gasteiger partial charge is 0.163 e. The molecule has 12 aromatic rings. The quantitative estimate of drug-likeness (QED) is 0.0912. The van der Waals surface area contributed by atoms with E-state index >= 15 is 0 Å². The molecule has 0 aromatic heterocycles. The van der Waals surface area contributed by atoms with Crippen LogP contribution in [-0.4, -0.2) is 106 Å². The first-order valence-electron chi connectivity index (χ1n) is 49.2. The van der Waals surface area contributed by atoms with Gasteiger partial charge in [-0.1, -0.05) is 154 Å². The Labute approximate surface area is 894 Å². The molecule has 0 unspecified atom stereocenters. The maximum Gasteiger partial charge on any atom is 0.163 e. The predicted octanol–water partition coefficient (Wildman–Crippen LogP) is 29.5. The molecule has 0 fully saturated rings. The lowest BCUT2D eigenvalue weighted by Crippen LogP contribution is -2.22. The Balaban J connectivity index is 0.000000147. The number of phenols is 3. The number of ketones is 6. The number of benzene rings is 12. The molecule has 750 valence electrons. The number of thioether (sulfide) groups is 6. The second-order valence-corrected chi connectivity index (χ2v) is 47.8. The molecule has 6 aliphatic rings. The van der Waals surface area contributed by atoms with Crippen molar-refractivity contribution in [3.63, 3.8) is 0 Å². The van der Waals surface area contributed by atoms with Crippen LogP contribution < -0.4 is 14.2 Å². The standard InChI is InChI=1S/3C22H22O2S.3C21H20O2S/c3*1-15(23)18-9-7-17(14-20(18)24-4)6-5-16-8-10-21-19(13-16)22(2,3)11-12-25-21;3*1-14(22)17-8-6-16(13-19(17)23)5-4-15-7-9-20-18(12-15)21(2,3)10-11-24-20/h3*7-10,13-14H,11-12H2,1-4H3;3*6-9,12-13,23H,10-11H2,1-3H3. The highest BCUT2D eigenvalue weighted by atomic mass is 32.2. The van der Waals surface area contributed by atoms with Gasteiger partial charge in [-0.25, -0.2) is 0 Å². The van der Waals surface area contributed by atoms with E-state index in [4.69, 9.17) is 14.2 Å². The van der Waals surface area contributed by atoms with Gasteiger partial charge in [0.2, 0.25) is 0 Å². The highest BCUT2D eigenvalue weighted by Crippen LogP contribution is 2.48. The fraction of sp³-hybridized carbons (Fsp3) is 0.302. The Morgan fingerprint density at radius 1 is 0.211 bits per heavy atom. The molecule has 6 heterocycles. The summed E-state index contributed by atoms with van der Waals surface area (Å²) in [7, 11) is 4.71. The fourth-order valence-corrected chi connectivity index (χ4v) is 26.6. The summed E-state index contributed by atoms with van der Waals surface area (Å²) >= 11 is 11.5. The molecule has 0 bridgehead atoms. The summed E-state index contributed by atoms with van der Waals surface area (Å²) in [5.41, 5.74) is 22.7. The third kappa shape index (κ3) is 28.9. The lowest BCUT2D eigenvalue weighted by molar-refractivity contribution is 0.100. The van der Waals surface area contributed by atoms with E-state index in [-0.39, 0.29) is 84.4 Å². The van der Waals surface area contributed by atoms with Crippen LogP contribution in [0.15, 0.2) is 248 Å². The van der Waals surface area contributed by atoms with Crippen LogP contribution in [0.2, 0.25) is 0 Å². The van der Waals surface area contributed by atoms with Gasteiger partial charge in [0.25, 0.3) is 0 Å². The van der Waals surface area contributed by atoms with Crippen LogP contribution >= 0.6 is 70.6 Å². The molecule has 12 aromatic carbocycles. The highest BCUT2D eigenvalue weighted by Gasteiger charge is 2.34. The summed E-state index contributed by atoms with van der Waals surface area (Å²) < 4.78 is 15.9. The molecule has 18 heteroatoms. The molecule has 0 spiro atoms. The first-order chi connectivity index (χ1) is 69.8. The minimum atomic E-state index is -0.151. The van der Waals surface area contributed by atoms with Crippen molar-refractivity contribution in [1.29, 1.82) is 0 Å². The first-order valence-corrected chi connectivity index (χ1v) is 55.1. The number of fused-ring (bicyclic) bond motifs is 6. The average molecular weight is 2060 g/mol. The summed E-state index contributed by atoms with van der Waals surface area (Å²) in [6.07, 6.45) is 7.06. The normalized spacial score (nSPS) is 15.0. The van der Waals surface area contributed by atoms with E-state index in [9.17, 15) is 44.1 Å². The van der Waals surface area contributed by atoms with Gasteiger partial charge in [0.05, 0.1) is 54.7 Å². The van der Waals surface area contributed by atoms with Crippen LogP contribution in [0, 0.1) is 71.0 Å². The number of hydrogen-bond acceptors (Lipinski definition) is 18. The van der Waals surface area contributed by atoms with Crippen molar-refractivity contribution >= 4 is 105 Å². The van der Waals surface area contributed by atoms with Crippen LogP contribution in [0.1, 0.15) is 325 Å². The Morgan fingerprint density at radius 2 is 0.347 bits per heavy atom. The summed E-state index contributed by atoms with van der Waals surface area (Å²) in [6.45, 7) is 36.4. The third-order valence-electron chi connectivity index (χ3n) is 27.1. The zero-order valence-corrected chi connectivity index (χ0v) is 92.6. The molecule has 3 N–H and O–H groups in total. The van der Waals surface area contributed by atoms with Crippen molar-refractivity contribution in [2.75, 3.05) is 55.8 Å². The van der Waals surface area contributed by atoms with Crippen molar-refractivity contribution in [2.24, 2.45) is 0 Å². The zero-order chi connectivity index (χ0) is 106. The fourth-order valence-electron chi connectivity index (χ4n) is 17.6. The van der Waals surface area contributed by atoms with Gasteiger partial charge >= 0.3 is 0 Å². The minimum Gasteiger partial charge on any atom is -0.507 e. The first kappa shape index (κ1) is 111. The molecular formula is C129H126O12S6. The number of rotatable bonds is 9. The van der Waals surface area contributed by atoms with Gasteiger partial charge in [0, 0.05) is 96.1 Å². The number of ether oxygens (including phenoxy) is 3. The van der Waals surface area contributed by atoms with E-state index in [2.05, 4.69) is 245 Å². The largest absolute Gasteiger partial charge is 0.507 e. The lowest BCUT2D eigenvalue weighted by atomic mass is 9.81.